The first-order valence-corrected chi connectivity index (χ1v) is 7.12. The van der Waals surface area contributed by atoms with E-state index in [4.69, 9.17) is 8.94 Å². The number of rotatable bonds is 5. The van der Waals surface area contributed by atoms with Gasteiger partial charge < -0.3 is 13.8 Å². The van der Waals surface area contributed by atoms with E-state index < -0.39 is 18.6 Å². The molecule has 0 spiro atoms. The van der Waals surface area contributed by atoms with Crippen molar-refractivity contribution in [1.82, 2.24) is 10.1 Å². The van der Waals surface area contributed by atoms with Crippen molar-refractivity contribution in [2.75, 3.05) is 6.54 Å². The van der Waals surface area contributed by atoms with Crippen LogP contribution in [-0.2, 0) is 17.8 Å². The van der Waals surface area contributed by atoms with E-state index in [0.29, 0.717) is 21.6 Å². The maximum atomic E-state index is 12.8. The number of fused-ring (bicyclic) bond motifs is 1. The number of furan rings is 1. The molecule has 3 aromatic rings. The minimum absolute atomic E-state index is 0.263. The second-order valence-corrected chi connectivity index (χ2v) is 5.25. The van der Waals surface area contributed by atoms with Crippen LogP contribution in [0.15, 0.2) is 51.6 Å². The van der Waals surface area contributed by atoms with Crippen molar-refractivity contribution in [1.29, 1.82) is 0 Å². The Labute approximate surface area is 134 Å². The van der Waals surface area contributed by atoms with E-state index in [1.165, 1.54) is 12.3 Å². The molecule has 3 rings (SSSR count). The number of aromatic nitrogens is 1. The highest BCUT2D eigenvalue weighted by molar-refractivity contribution is 5.86. The van der Waals surface area contributed by atoms with Crippen LogP contribution in [0, 0.1) is 0 Å². The van der Waals surface area contributed by atoms with Crippen LogP contribution in [0.5, 0.6) is 0 Å². The summed E-state index contributed by atoms with van der Waals surface area (Å²) >= 11 is 0. The van der Waals surface area contributed by atoms with Gasteiger partial charge in [-0.05, 0) is 24.3 Å². The average molecular weight is 338 g/mol. The zero-order chi connectivity index (χ0) is 17.2. The van der Waals surface area contributed by atoms with Gasteiger partial charge in [0.25, 0.3) is 0 Å². The number of amides is 1. The number of nitrogens with zero attached hydrogens (tertiary/aromatic N) is 2. The Hall–Kier alpha value is -2.77. The summed E-state index contributed by atoms with van der Waals surface area (Å²) in [6.07, 6.45) is -3.45. The molecular formula is C16H13F3N2O3. The van der Waals surface area contributed by atoms with Gasteiger partial charge in [0.05, 0.1) is 19.2 Å². The van der Waals surface area contributed by atoms with Crippen LogP contribution in [0.2, 0.25) is 0 Å². The van der Waals surface area contributed by atoms with Gasteiger partial charge in [-0.2, -0.15) is 13.2 Å². The van der Waals surface area contributed by atoms with E-state index in [2.05, 4.69) is 5.16 Å². The van der Waals surface area contributed by atoms with Crippen molar-refractivity contribution in [3.63, 3.8) is 0 Å². The summed E-state index contributed by atoms with van der Waals surface area (Å²) < 4.78 is 48.4. The molecule has 1 aromatic carbocycles. The van der Waals surface area contributed by atoms with Crippen molar-refractivity contribution in [2.24, 2.45) is 0 Å². The molecule has 0 radical (unpaired) electrons. The third-order valence-electron chi connectivity index (χ3n) is 3.42. The van der Waals surface area contributed by atoms with E-state index in [1.54, 1.807) is 30.3 Å². The molecule has 0 aliphatic carbocycles. The van der Waals surface area contributed by atoms with Crippen LogP contribution >= 0.6 is 0 Å². The molecule has 0 atom stereocenters. The average Bonchev–Trinajstić information content (AvgIpc) is 3.16. The molecule has 0 saturated heterocycles. The first kappa shape index (κ1) is 16.1. The molecule has 126 valence electrons. The summed E-state index contributed by atoms with van der Waals surface area (Å²) in [6.45, 7) is -1.62. The summed E-state index contributed by atoms with van der Waals surface area (Å²) in [5.41, 5.74) is 0.788. The lowest BCUT2D eigenvalue weighted by molar-refractivity contribution is -0.162. The van der Waals surface area contributed by atoms with Crippen LogP contribution in [0.1, 0.15) is 11.5 Å². The lowest BCUT2D eigenvalue weighted by Gasteiger charge is -2.22. The Morgan fingerprint density at radius 3 is 2.67 bits per heavy atom. The van der Waals surface area contributed by atoms with Crippen LogP contribution in [0.25, 0.3) is 11.0 Å². The van der Waals surface area contributed by atoms with Crippen molar-refractivity contribution in [3.8, 4) is 0 Å². The Bertz CT molecular complexity index is 825. The van der Waals surface area contributed by atoms with Gasteiger partial charge in [-0.15, -0.1) is 0 Å². The minimum Gasteiger partial charge on any atom is -0.467 e. The zero-order valence-electron chi connectivity index (χ0n) is 12.4. The van der Waals surface area contributed by atoms with Crippen LogP contribution in [-0.4, -0.2) is 28.7 Å². The maximum absolute atomic E-state index is 12.8. The third kappa shape index (κ3) is 3.76. The van der Waals surface area contributed by atoms with Crippen molar-refractivity contribution < 1.29 is 26.9 Å². The second kappa shape index (κ2) is 6.38. The van der Waals surface area contributed by atoms with Crippen LogP contribution in [0.4, 0.5) is 13.2 Å². The molecule has 5 nitrogen and oxygen atoms in total. The number of carbonyl (C=O) groups excluding carboxylic acids is 1. The van der Waals surface area contributed by atoms with Crippen LogP contribution < -0.4 is 0 Å². The molecule has 0 saturated carbocycles. The fourth-order valence-electron chi connectivity index (χ4n) is 2.36. The molecule has 8 heteroatoms. The minimum atomic E-state index is -4.51. The van der Waals surface area contributed by atoms with Crippen molar-refractivity contribution in [2.45, 2.75) is 19.1 Å². The number of halogens is 3. The van der Waals surface area contributed by atoms with Gasteiger partial charge in [0.15, 0.2) is 5.58 Å². The molecule has 0 aliphatic heterocycles. The fourth-order valence-corrected chi connectivity index (χ4v) is 2.36. The smallest absolute Gasteiger partial charge is 0.406 e. The van der Waals surface area contributed by atoms with E-state index >= 15 is 0 Å². The number of hydrogen-bond donors (Lipinski definition) is 0. The number of hydrogen-bond acceptors (Lipinski definition) is 4. The molecule has 0 fully saturated rings. The Morgan fingerprint density at radius 2 is 1.96 bits per heavy atom. The van der Waals surface area contributed by atoms with E-state index in [0.717, 1.165) is 0 Å². The Kier molecular flexibility index (Phi) is 4.28. The molecule has 2 heterocycles. The van der Waals surface area contributed by atoms with Crippen LogP contribution in [0.3, 0.4) is 0 Å². The largest absolute Gasteiger partial charge is 0.467 e. The van der Waals surface area contributed by atoms with Gasteiger partial charge in [0.1, 0.15) is 18.0 Å². The summed E-state index contributed by atoms with van der Waals surface area (Å²) in [5, 5.41) is 4.39. The summed E-state index contributed by atoms with van der Waals surface area (Å²) in [4.78, 5) is 13.1. The van der Waals surface area contributed by atoms with Crippen molar-refractivity contribution >= 4 is 16.9 Å². The first-order chi connectivity index (χ1) is 11.4. The molecule has 0 bridgehead atoms. The lowest BCUT2D eigenvalue weighted by atomic mass is 10.1. The van der Waals surface area contributed by atoms with Gasteiger partial charge in [0.2, 0.25) is 5.91 Å². The predicted molar refractivity (Wildman–Crippen MR) is 77.9 cm³/mol. The second-order valence-electron chi connectivity index (χ2n) is 5.25. The number of alkyl halides is 3. The van der Waals surface area contributed by atoms with Gasteiger partial charge in [-0.1, -0.05) is 17.3 Å². The predicted octanol–water partition coefficient (Wildman–Crippen LogP) is 3.55. The molecule has 24 heavy (non-hydrogen) atoms. The molecule has 2 aromatic heterocycles. The summed E-state index contributed by atoms with van der Waals surface area (Å²) in [5.74, 6) is -0.430. The monoisotopic (exact) mass is 338 g/mol. The lowest BCUT2D eigenvalue weighted by Crippen LogP contribution is -2.39. The third-order valence-corrected chi connectivity index (χ3v) is 3.42. The quantitative estimate of drug-likeness (QED) is 0.714. The first-order valence-electron chi connectivity index (χ1n) is 7.12. The summed E-state index contributed by atoms with van der Waals surface area (Å²) in [7, 11) is 0. The SMILES string of the molecule is O=C(Cc1noc2ccccc12)N(Cc1ccco1)CC(F)(F)F. The maximum Gasteiger partial charge on any atom is 0.406 e. The van der Waals surface area contributed by atoms with Gasteiger partial charge in [0, 0.05) is 5.39 Å². The topological polar surface area (TPSA) is 59.5 Å². The Morgan fingerprint density at radius 1 is 1.17 bits per heavy atom. The highest BCUT2D eigenvalue weighted by Gasteiger charge is 2.33. The van der Waals surface area contributed by atoms with Gasteiger partial charge in [-0.3, -0.25) is 4.79 Å². The molecule has 0 N–H and O–H groups in total. The molecule has 0 aliphatic rings. The van der Waals surface area contributed by atoms with E-state index in [9.17, 15) is 18.0 Å². The highest BCUT2D eigenvalue weighted by atomic mass is 19.4. The highest BCUT2D eigenvalue weighted by Crippen LogP contribution is 2.22. The molecule has 0 unspecified atom stereocenters. The van der Waals surface area contributed by atoms with E-state index in [1.807, 2.05) is 0 Å². The summed E-state index contributed by atoms with van der Waals surface area (Å²) in [6, 6.07) is 9.93. The Balaban J connectivity index is 1.79. The van der Waals surface area contributed by atoms with E-state index in [-0.39, 0.29) is 18.7 Å². The number of para-hydroxylation sites is 1. The fraction of sp³-hybridized carbons (Fsp3) is 0.250. The van der Waals surface area contributed by atoms with Gasteiger partial charge in [-0.25, -0.2) is 0 Å². The van der Waals surface area contributed by atoms with Crippen molar-refractivity contribution in [3.05, 3.63) is 54.1 Å². The van der Waals surface area contributed by atoms with Gasteiger partial charge >= 0.3 is 6.18 Å². The molecule has 1 amide bonds. The normalized spacial score (nSPS) is 11.8. The molecular weight excluding hydrogens is 325 g/mol. The number of carbonyl (C=O) groups is 1. The zero-order valence-corrected chi connectivity index (χ0v) is 12.4. The number of benzene rings is 1. The standard InChI is InChI=1S/C16H13F3N2O3/c17-16(18,19)10-21(9-11-4-3-7-23-11)15(22)8-13-12-5-1-2-6-14(12)24-20-13/h1-7H,8-10H2.